The molecule has 0 spiro atoms. The number of rotatable bonds is 5. The lowest BCUT2D eigenvalue weighted by Crippen LogP contribution is -1.95. The van der Waals surface area contributed by atoms with Crippen molar-refractivity contribution in [3.63, 3.8) is 0 Å². The van der Waals surface area contributed by atoms with Gasteiger partial charge in [0.1, 0.15) is 0 Å². The molecule has 1 aromatic rings. The van der Waals surface area contributed by atoms with Gasteiger partial charge in [0.05, 0.1) is 0 Å². The molecule has 0 aromatic heterocycles. The molecule has 0 saturated heterocycles. The van der Waals surface area contributed by atoms with Gasteiger partial charge in [0, 0.05) is 0 Å². The van der Waals surface area contributed by atoms with Gasteiger partial charge < -0.3 is 0 Å². The van der Waals surface area contributed by atoms with Crippen molar-refractivity contribution in [2.24, 2.45) is 0 Å². The summed E-state index contributed by atoms with van der Waals surface area (Å²) in [6, 6.07) is 6.76. The summed E-state index contributed by atoms with van der Waals surface area (Å²) in [5, 5.41) is 0. The third kappa shape index (κ3) is 3.40. The van der Waals surface area contributed by atoms with Crippen molar-refractivity contribution in [2.45, 2.75) is 46.0 Å². The van der Waals surface area contributed by atoms with Gasteiger partial charge in [-0.15, -0.1) is 5.73 Å². The predicted molar refractivity (Wildman–Crippen MR) is 72.7 cm³/mol. The fourth-order valence-corrected chi connectivity index (χ4v) is 1.90. The molecule has 0 radical (unpaired) electrons. The monoisotopic (exact) mass is 214 g/mol. The van der Waals surface area contributed by atoms with Crippen molar-refractivity contribution >= 4 is 6.08 Å². The normalized spacial score (nSPS) is 10.2. The first kappa shape index (κ1) is 12.8. The summed E-state index contributed by atoms with van der Waals surface area (Å²) >= 11 is 0. The summed E-state index contributed by atoms with van der Waals surface area (Å²) in [7, 11) is 0. The molecule has 1 aromatic carbocycles. The van der Waals surface area contributed by atoms with Gasteiger partial charge in [-0.25, -0.2) is 0 Å². The van der Waals surface area contributed by atoms with Gasteiger partial charge in [0.15, 0.2) is 0 Å². The quantitative estimate of drug-likeness (QED) is 0.608. The zero-order valence-electron chi connectivity index (χ0n) is 10.7. The molecule has 0 heteroatoms. The molecule has 0 amide bonds. The van der Waals surface area contributed by atoms with E-state index in [1.54, 1.807) is 0 Å². The SMILES string of the molecule is C=C=Cc1ccc(CCCC)cc1C(C)C. The van der Waals surface area contributed by atoms with Crippen LogP contribution in [-0.2, 0) is 6.42 Å². The lowest BCUT2D eigenvalue weighted by molar-refractivity contribution is 0.789. The van der Waals surface area contributed by atoms with E-state index in [0.717, 1.165) is 0 Å². The Labute approximate surface area is 99.7 Å². The van der Waals surface area contributed by atoms with Gasteiger partial charge in [-0.2, -0.15) is 0 Å². The molecule has 0 aliphatic carbocycles. The molecule has 0 unspecified atom stereocenters. The van der Waals surface area contributed by atoms with Crippen LogP contribution in [0.25, 0.3) is 6.08 Å². The molecule has 0 nitrogen and oxygen atoms in total. The number of hydrogen-bond donors (Lipinski definition) is 0. The molecule has 86 valence electrons. The van der Waals surface area contributed by atoms with Gasteiger partial charge >= 0.3 is 0 Å². The number of hydrogen-bond acceptors (Lipinski definition) is 0. The molecule has 0 saturated carbocycles. The first-order valence-corrected chi connectivity index (χ1v) is 6.17. The zero-order valence-corrected chi connectivity index (χ0v) is 10.7. The van der Waals surface area contributed by atoms with Gasteiger partial charge in [-0.3, -0.25) is 0 Å². The Bertz CT molecular complexity index is 379. The summed E-state index contributed by atoms with van der Waals surface area (Å²) in [5.74, 6) is 0.557. The standard InChI is InChI=1S/C16H22/c1-5-7-9-14-10-11-15(8-6-2)16(12-14)13(3)4/h8,10-13H,2,5,7,9H2,1,3-4H3. The second kappa shape index (κ2) is 6.35. The minimum atomic E-state index is 0.557. The maximum atomic E-state index is 3.65. The summed E-state index contributed by atoms with van der Waals surface area (Å²) in [4.78, 5) is 0. The van der Waals surface area contributed by atoms with Gasteiger partial charge in [0.2, 0.25) is 0 Å². The van der Waals surface area contributed by atoms with E-state index in [1.807, 2.05) is 6.08 Å². The fraction of sp³-hybridized carbons (Fsp3) is 0.438. The largest absolute Gasteiger partial charge is 0.128 e. The number of aryl methyl sites for hydroxylation is 1. The van der Waals surface area contributed by atoms with Crippen LogP contribution in [0.2, 0.25) is 0 Å². The molecular weight excluding hydrogens is 192 g/mol. The molecule has 0 N–H and O–H groups in total. The van der Waals surface area contributed by atoms with Crippen molar-refractivity contribution in [1.29, 1.82) is 0 Å². The van der Waals surface area contributed by atoms with E-state index in [1.165, 1.54) is 36.0 Å². The van der Waals surface area contributed by atoms with Gasteiger partial charge in [0.25, 0.3) is 0 Å². The minimum Gasteiger partial charge on any atom is -0.128 e. The lowest BCUT2D eigenvalue weighted by Gasteiger charge is -2.12. The zero-order chi connectivity index (χ0) is 12.0. The molecular formula is C16H22. The van der Waals surface area contributed by atoms with E-state index in [-0.39, 0.29) is 0 Å². The highest BCUT2D eigenvalue weighted by Gasteiger charge is 2.05. The lowest BCUT2D eigenvalue weighted by atomic mass is 9.93. The van der Waals surface area contributed by atoms with E-state index >= 15 is 0 Å². The highest BCUT2D eigenvalue weighted by Crippen LogP contribution is 2.23. The van der Waals surface area contributed by atoms with Crippen molar-refractivity contribution in [3.8, 4) is 0 Å². The molecule has 0 heterocycles. The Hall–Kier alpha value is -1.26. The Morgan fingerprint density at radius 3 is 2.69 bits per heavy atom. The maximum absolute atomic E-state index is 3.65. The van der Waals surface area contributed by atoms with Crippen LogP contribution in [0.4, 0.5) is 0 Å². The van der Waals surface area contributed by atoms with E-state index < -0.39 is 0 Å². The van der Waals surface area contributed by atoms with Crippen LogP contribution in [-0.4, -0.2) is 0 Å². The van der Waals surface area contributed by atoms with Crippen LogP contribution in [0, 0.1) is 0 Å². The van der Waals surface area contributed by atoms with Crippen LogP contribution in [0.1, 0.15) is 56.2 Å². The van der Waals surface area contributed by atoms with Gasteiger partial charge in [-0.1, -0.05) is 52.0 Å². The van der Waals surface area contributed by atoms with Crippen LogP contribution >= 0.6 is 0 Å². The average Bonchev–Trinajstić information content (AvgIpc) is 2.27. The van der Waals surface area contributed by atoms with E-state index in [0.29, 0.717) is 5.92 Å². The molecule has 0 aliphatic heterocycles. The molecule has 0 atom stereocenters. The van der Waals surface area contributed by atoms with Crippen LogP contribution in [0.5, 0.6) is 0 Å². The van der Waals surface area contributed by atoms with Crippen molar-refractivity contribution in [2.75, 3.05) is 0 Å². The minimum absolute atomic E-state index is 0.557. The highest BCUT2D eigenvalue weighted by atomic mass is 14.1. The molecule has 16 heavy (non-hydrogen) atoms. The summed E-state index contributed by atoms with van der Waals surface area (Å²) in [6.45, 7) is 10.4. The third-order valence-electron chi connectivity index (χ3n) is 2.85. The summed E-state index contributed by atoms with van der Waals surface area (Å²) < 4.78 is 0. The number of benzene rings is 1. The average molecular weight is 214 g/mol. The molecule has 1 rings (SSSR count). The Kier molecular flexibility index (Phi) is 5.08. The van der Waals surface area contributed by atoms with Crippen molar-refractivity contribution in [1.82, 2.24) is 0 Å². The van der Waals surface area contributed by atoms with Crippen molar-refractivity contribution < 1.29 is 0 Å². The first-order chi connectivity index (χ1) is 7.69. The summed E-state index contributed by atoms with van der Waals surface area (Å²) in [5.41, 5.74) is 6.98. The van der Waals surface area contributed by atoms with E-state index in [4.69, 9.17) is 0 Å². The maximum Gasteiger partial charge on any atom is -0.0131 e. The predicted octanol–water partition coefficient (Wildman–Crippen LogP) is 4.95. The van der Waals surface area contributed by atoms with E-state index in [9.17, 15) is 0 Å². The molecule has 0 fully saturated rings. The topological polar surface area (TPSA) is 0 Å². The fourth-order valence-electron chi connectivity index (χ4n) is 1.90. The van der Waals surface area contributed by atoms with Crippen molar-refractivity contribution in [3.05, 3.63) is 47.2 Å². The first-order valence-electron chi connectivity index (χ1n) is 6.17. The Morgan fingerprint density at radius 2 is 2.12 bits per heavy atom. The van der Waals surface area contributed by atoms with E-state index in [2.05, 4.69) is 51.3 Å². The molecule has 0 aliphatic rings. The smallest absolute Gasteiger partial charge is 0.0131 e. The highest BCUT2D eigenvalue weighted by molar-refractivity contribution is 5.55. The second-order valence-electron chi connectivity index (χ2n) is 4.57. The van der Waals surface area contributed by atoms with Crippen LogP contribution < -0.4 is 0 Å². The number of unbranched alkanes of at least 4 members (excludes halogenated alkanes) is 1. The van der Waals surface area contributed by atoms with Gasteiger partial charge in [-0.05, 0) is 41.5 Å². The van der Waals surface area contributed by atoms with Crippen LogP contribution in [0.15, 0.2) is 30.5 Å². The summed E-state index contributed by atoms with van der Waals surface area (Å²) in [6.07, 6.45) is 5.69. The third-order valence-corrected chi connectivity index (χ3v) is 2.85. The second-order valence-corrected chi connectivity index (χ2v) is 4.57. The van der Waals surface area contributed by atoms with Crippen LogP contribution in [0.3, 0.4) is 0 Å². The Morgan fingerprint density at radius 1 is 1.38 bits per heavy atom. The molecule has 0 bridgehead atoms. The Balaban J connectivity index is 3.02.